The molecular formula is C12H15NO3. The second-order valence-electron chi connectivity index (χ2n) is 4.34. The highest BCUT2D eigenvalue weighted by Gasteiger charge is 2.17. The summed E-state index contributed by atoms with van der Waals surface area (Å²) in [5, 5.41) is 2.49. The standard InChI is InChI=1S/C12H15NO3/c1-12(2,3)16-11(15)9-4-6-10(7-5-9)13-8-14/h4-8H,1-3H3,(H,13,14). The number of amides is 1. The van der Waals surface area contributed by atoms with Crippen LogP contribution in [0.25, 0.3) is 0 Å². The number of rotatable bonds is 3. The summed E-state index contributed by atoms with van der Waals surface area (Å²) >= 11 is 0. The summed E-state index contributed by atoms with van der Waals surface area (Å²) in [6.07, 6.45) is 0.586. The van der Waals surface area contributed by atoms with Gasteiger partial charge in [0.25, 0.3) is 0 Å². The molecule has 86 valence electrons. The molecule has 0 heterocycles. The molecule has 0 aliphatic carbocycles. The van der Waals surface area contributed by atoms with Gasteiger partial charge < -0.3 is 10.1 Å². The van der Waals surface area contributed by atoms with Gasteiger partial charge in [0.1, 0.15) is 5.60 Å². The van der Waals surface area contributed by atoms with Crippen LogP contribution < -0.4 is 5.32 Å². The molecule has 0 aliphatic heterocycles. The molecule has 4 heteroatoms. The molecule has 1 aromatic rings. The number of hydrogen-bond donors (Lipinski definition) is 1. The normalized spacial score (nSPS) is 10.7. The first kappa shape index (κ1) is 12.2. The lowest BCUT2D eigenvalue weighted by atomic mass is 10.1. The maximum Gasteiger partial charge on any atom is 0.338 e. The topological polar surface area (TPSA) is 55.4 Å². The van der Waals surface area contributed by atoms with E-state index in [0.717, 1.165) is 0 Å². The van der Waals surface area contributed by atoms with Crippen LogP contribution in [0, 0.1) is 0 Å². The molecule has 0 saturated carbocycles. The molecule has 0 aliphatic rings. The predicted molar refractivity (Wildman–Crippen MR) is 61.3 cm³/mol. The van der Waals surface area contributed by atoms with Crippen LogP contribution in [0.4, 0.5) is 5.69 Å². The average Bonchev–Trinajstić information content (AvgIpc) is 2.16. The van der Waals surface area contributed by atoms with E-state index in [-0.39, 0.29) is 5.97 Å². The van der Waals surface area contributed by atoms with E-state index in [0.29, 0.717) is 17.7 Å². The van der Waals surface area contributed by atoms with Crippen LogP contribution >= 0.6 is 0 Å². The van der Waals surface area contributed by atoms with E-state index in [4.69, 9.17) is 4.74 Å². The number of carbonyl (C=O) groups is 2. The molecule has 0 bridgehead atoms. The van der Waals surface area contributed by atoms with Crippen molar-refractivity contribution in [2.45, 2.75) is 26.4 Å². The Morgan fingerprint density at radius 1 is 1.25 bits per heavy atom. The van der Waals surface area contributed by atoms with Crippen molar-refractivity contribution < 1.29 is 14.3 Å². The lowest BCUT2D eigenvalue weighted by Crippen LogP contribution is -2.23. The zero-order valence-corrected chi connectivity index (χ0v) is 9.61. The number of hydrogen-bond acceptors (Lipinski definition) is 3. The highest BCUT2D eigenvalue weighted by molar-refractivity contribution is 5.90. The molecule has 4 nitrogen and oxygen atoms in total. The van der Waals surface area contributed by atoms with Crippen LogP contribution in [0.2, 0.25) is 0 Å². The molecule has 1 rings (SSSR count). The van der Waals surface area contributed by atoms with Crippen molar-refractivity contribution in [2.75, 3.05) is 5.32 Å². The number of anilines is 1. The number of carbonyl (C=O) groups excluding carboxylic acids is 2. The van der Waals surface area contributed by atoms with Crippen molar-refractivity contribution in [3.05, 3.63) is 29.8 Å². The molecule has 0 spiro atoms. The van der Waals surface area contributed by atoms with E-state index in [2.05, 4.69) is 5.32 Å². The van der Waals surface area contributed by atoms with Crippen molar-refractivity contribution >= 4 is 18.1 Å². The van der Waals surface area contributed by atoms with Gasteiger partial charge in [0.2, 0.25) is 6.41 Å². The van der Waals surface area contributed by atoms with E-state index in [9.17, 15) is 9.59 Å². The second kappa shape index (κ2) is 4.79. The summed E-state index contributed by atoms with van der Waals surface area (Å²) in [6, 6.07) is 6.52. The number of nitrogens with one attached hydrogen (secondary N) is 1. The van der Waals surface area contributed by atoms with Gasteiger partial charge in [-0.2, -0.15) is 0 Å². The van der Waals surface area contributed by atoms with E-state index < -0.39 is 5.60 Å². The minimum Gasteiger partial charge on any atom is -0.456 e. The Morgan fingerprint density at radius 3 is 2.25 bits per heavy atom. The van der Waals surface area contributed by atoms with Gasteiger partial charge in [-0.05, 0) is 45.0 Å². The second-order valence-corrected chi connectivity index (χ2v) is 4.34. The van der Waals surface area contributed by atoms with Gasteiger partial charge in [-0.15, -0.1) is 0 Å². The molecule has 1 N–H and O–H groups in total. The number of ether oxygens (including phenoxy) is 1. The molecule has 0 saturated heterocycles. The zero-order valence-electron chi connectivity index (χ0n) is 9.61. The summed E-state index contributed by atoms with van der Waals surface area (Å²) < 4.78 is 5.19. The molecule has 0 aromatic heterocycles. The van der Waals surface area contributed by atoms with Gasteiger partial charge >= 0.3 is 5.97 Å². The zero-order chi connectivity index (χ0) is 12.2. The van der Waals surface area contributed by atoms with Crippen LogP contribution in [0.1, 0.15) is 31.1 Å². The Morgan fingerprint density at radius 2 is 1.81 bits per heavy atom. The lowest BCUT2D eigenvalue weighted by molar-refractivity contribution is -0.105. The smallest absolute Gasteiger partial charge is 0.338 e. The van der Waals surface area contributed by atoms with Gasteiger partial charge in [0, 0.05) is 5.69 Å². The minimum atomic E-state index is -0.503. The van der Waals surface area contributed by atoms with Crippen LogP contribution in [-0.2, 0) is 9.53 Å². The average molecular weight is 221 g/mol. The first-order chi connectivity index (χ1) is 7.42. The number of esters is 1. The molecule has 0 fully saturated rings. The van der Waals surface area contributed by atoms with E-state index in [1.54, 1.807) is 24.3 Å². The largest absolute Gasteiger partial charge is 0.456 e. The van der Waals surface area contributed by atoms with E-state index in [1.807, 2.05) is 20.8 Å². The monoisotopic (exact) mass is 221 g/mol. The molecule has 0 unspecified atom stereocenters. The van der Waals surface area contributed by atoms with Crippen molar-refractivity contribution in [3.63, 3.8) is 0 Å². The summed E-state index contributed by atoms with van der Waals surface area (Å²) in [5.74, 6) is -0.370. The van der Waals surface area contributed by atoms with Crippen molar-refractivity contribution in [1.29, 1.82) is 0 Å². The van der Waals surface area contributed by atoms with Crippen LogP contribution in [0.15, 0.2) is 24.3 Å². The van der Waals surface area contributed by atoms with Gasteiger partial charge in [-0.1, -0.05) is 0 Å². The van der Waals surface area contributed by atoms with Crippen molar-refractivity contribution in [1.82, 2.24) is 0 Å². The SMILES string of the molecule is CC(C)(C)OC(=O)c1ccc(NC=O)cc1. The van der Waals surface area contributed by atoms with Gasteiger partial charge in [-0.3, -0.25) is 4.79 Å². The highest BCUT2D eigenvalue weighted by Crippen LogP contribution is 2.14. The molecule has 0 atom stereocenters. The summed E-state index contributed by atoms with van der Waals surface area (Å²) in [4.78, 5) is 21.8. The molecule has 0 radical (unpaired) electrons. The summed E-state index contributed by atoms with van der Waals surface area (Å²) in [7, 11) is 0. The third-order valence-corrected chi connectivity index (χ3v) is 1.75. The van der Waals surface area contributed by atoms with Crippen LogP contribution in [-0.4, -0.2) is 18.0 Å². The van der Waals surface area contributed by atoms with E-state index >= 15 is 0 Å². The fourth-order valence-corrected chi connectivity index (χ4v) is 1.11. The first-order valence-corrected chi connectivity index (χ1v) is 4.96. The predicted octanol–water partition coefficient (Wildman–Crippen LogP) is 2.21. The van der Waals surface area contributed by atoms with Crippen LogP contribution in [0.5, 0.6) is 0 Å². The van der Waals surface area contributed by atoms with Crippen LogP contribution in [0.3, 0.4) is 0 Å². The van der Waals surface area contributed by atoms with Crippen molar-refractivity contribution in [2.24, 2.45) is 0 Å². The quantitative estimate of drug-likeness (QED) is 0.629. The Kier molecular flexibility index (Phi) is 3.66. The molecule has 1 aromatic carbocycles. The molecule has 1 amide bonds. The Balaban J connectivity index is 2.74. The van der Waals surface area contributed by atoms with E-state index in [1.165, 1.54) is 0 Å². The van der Waals surface area contributed by atoms with Gasteiger partial charge in [0.05, 0.1) is 5.56 Å². The molecule has 16 heavy (non-hydrogen) atoms. The van der Waals surface area contributed by atoms with Gasteiger partial charge in [0.15, 0.2) is 0 Å². The highest BCUT2D eigenvalue weighted by atomic mass is 16.6. The fourth-order valence-electron chi connectivity index (χ4n) is 1.11. The maximum absolute atomic E-state index is 11.6. The number of benzene rings is 1. The maximum atomic E-state index is 11.6. The third kappa shape index (κ3) is 3.73. The van der Waals surface area contributed by atoms with Crippen molar-refractivity contribution in [3.8, 4) is 0 Å². The summed E-state index contributed by atoms with van der Waals surface area (Å²) in [6.45, 7) is 5.44. The third-order valence-electron chi connectivity index (χ3n) is 1.75. The Hall–Kier alpha value is -1.84. The lowest BCUT2D eigenvalue weighted by Gasteiger charge is -2.19. The fraction of sp³-hybridized carbons (Fsp3) is 0.333. The van der Waals surface area contributed by atoms with Gasteiger partial charge in [-0.25, -0.2) is 4.79 Å². The summed E-state index contributed by atoms with van der Waals surface area (Å²) in [5.41, 5.74) is 0.602. The Labute approximate surface area is 94.6 Å². The Bertz CT molecular complexity index is 376. The first-order valence-electron chi connectivity index (χ1n) is 4.96. The molecular weight excluding hydrogens is 206 g/mol. The minimum absolute atomic E-state index is 0.370.